The van der Waals surface area contributed by atoms with E-state index in [-0.39, 0.29) is 30.0 Å². The molecule has 1 aromatic carbocycles. The summed E-state index contributed by atoms with van der Waals surface area (Å²) in [6.45, 7) is 1.70. The van der Waals surface area contributed by atoms with Crippen LogP contribution in [-0.2, 0) is 6.18 Å². The van der Waals surface area contributed by atoms with E-state index in [9.17, 15) is 13.2 Å². The molecule has 1 rings (SSSR count). The summed E-state index contributed by atoms with van der Waals surface area (Å²) in [6.07, 6.45) is -4.57. The van der Waals surface area contributed by atoms with Gasteiger partial charge >= 0.3 is 6.18 Å². The van der Waals surface area contributed by atoms with Crippen LogP contribution in [0.3, 0.4) is 0 Å². The van der Waals surface area contributed by atoms with Crippen molar-refractivity contribution in [3.05, 3.63) is 23.8 Å². The van der Waals surface area contributed by atoms with Gasteiger partial charge < -0.3 is 21.9 Å². The maximum atomic E-state index is 12.9. The van der Waals surface area contributed by atoms with Gasteiger partial charge in [-0.05, 0) is 25.1 Å². The Morgan fingerprint density at radius 3 is 2.40 bits per heavy atom. The van der Waals surface area contributed by atoms with E-state index < -0.39 is 11.7 Å². The number of benzene rings is 1. The van der Waals surface area contributed by atoms with Gasteiger partial charge in [-0.1, -0.05) is 0 Å². The average molecular weight is 289 g/mol. The van der Waals surface area contributed by atoms with Gasteiger partial charge in [0.05, 0.1) is 17.9 Å². The molecule has 0 saturated heterocycles. The number of hydrogen-bond acceptors (Lipinski definition) is 2. The Bertz CT molecular complexity index is 535. The molecular formula is C11H14F3N5O. The summed E-state index contributed by atoms with van der Waals surface area (Å²) < 4.78 is 43.5. The van der Waals surface area contributed by atoms with E-state index in [4.69, 9.17) is 21.9 Å². The Balaban J connectivity index is 3.23. The number of aliphatic imine (C=N–C) groups is 2. The smallest absolute Gasteiger partial charge is 0.420 e. The van der Waals surface area contributed by atoms with Crippen LogP contribution in [0.1, 0.15) is 12.5 Å². The molecule has 6 N–H and O–H groups in total. The fourth-order valence-electron chi connectivity index (χ4n) is 1.38. The zero-order chi connectivity index (χ0) is 15.3. The molecule has 0 spiro atoms. The molecule has 1 aromatic rings. The van der Waals surface area contributed by atoms with E-state index in [1.165, 1.54) is 6.07 Å². The topological polar surface area (TPSA) is 112 Å². The molecule has 0 aliphatic rings. The third kappa shape index (κ3) is 4.34. The molecule has 6 nitrogen and oxygen atoms in total. The molecule has 20 heavy (non-hydrogen) atoms. The van der Waals surface area contributed by atoms with Gasteiger partial charge in [0.2, 0.25) is 5.96 Å². The van der Waals surface area contributed by atoms with Crippen LogP contribution < -0.4 is 21.9 Å². The summed E-state index contributed by atoms with van der Waals surface area (Å²) in [5, 5.41) is 0. The van der Waals surface area contributed by atoms with Crippen molar-refractivity contribution in [2.45, 2.75) is 13.1 Å². The molecule has 0 aliphatic carbocycles. The molecule has 0 amide bonds. The second kappa shape index (κ2) is 6.13. The largest absolute Gasteiger partial charge is 0.493 e. The van der Waals surface area contributed by atoms with E-state index in [1.807, 2.05) is 0 Å². The molecular weight excluding hydrogens is 275 g/mol. The second-order valence-corrected chi connectivity index (χ2v) is 3.62. The Labute approximate surface area is 113 Å². The third-order valence-electron chi connectivity index (χ3n) is 2.06. The molecule has 0 unspecified atom stereocenters. The molecule has 110 valence electrons. The molecule has 9 heteroatoms. The van der Waals surface area contributed by atoms with Crippen molar-refractivity contribution < 1.29 is 17.9 Å². The number of guanidine groups is 2. The van der Waals surface area contributed by atoms with Crippen molar-refractivity contribution in [3.63, 3.8) is 0 Å². The Kier molecular flexibility index (Phi) is 4.78. The molecule has 0 heterocycles. The molecule has 0 radical (unpaired) electrons. The first-order valence-electron chi connectivity index (χ1n) is 5.52. The van der Waals surface area contributed by atoms with Gasteiger partial charge in [0.1, 0.15) is 5.75 Å². The zero-order valence-electron chi connectivity index (χ0n) is 10.6. The summed E-state index contributed by atoms with van der Waals surface area (Å²) >= 11 is 0. The van der Waals surface area contributed by atoms with Crippen molar-refractivity contribution in [2.75, 3.05) is 6.61 Å². The monoisotopic (exact) mass is 289 g/mol. The highest BCUT2D eigenvalue weighted by Crippen LogP contribution is 2.38. The molecule has 0 saturated carbocycles. The Morgan fingerprint density at radius 2 is 1.90 bits per heavy atom. The van der Waals surface area contributed by atoms with Crippen LogP contribution in [0, 0.1) is 0 Å². The quantitative estimate of drug-likeness (QED) is 0.575. The van der Waals surface area contributed by atoms with E-state index in [1.54, 1.807) is 6.92 Å². The third-order valence-corrected chi connectivity index (χ3v) is 2.06. The first-order chi connectivity index (χ1) is 9.24. The fourth-order valence-corrected chi connectivity index (χ4v) is 1.38. The molecule has 0 aliphatic heterocycles. The lowest BCUT2D eigenvalue weighted by Gasteiger charge is -2.13. The van der Waals surface area contributed by atoms with E-state index >= 15 is 0 Å². The summed E-state index contributed by atoms with van der Waals surface area (Å²) in [5.74, 6) is -0.963. The van der Waals surface area contributed by atoms with Gasteiger partial charge in [-0.3, -0.25) is 0 Å². The van der Waals surface area contributed by atoms with Crippen LogP contribution in [-0.4, -0.2) is 18.5 Å². The van der Waals surface area contributed by atoms with Gasteiger partial charge in [0, 0.05) is 0 Å². The highest BCUT2D eigenvalue weighted by molar-refractivity contribution is 5.93. The molecule has 0 fully saturated rings. The highest BCUT2D eigenvalue weighted by atomic mass is 19.4. The average Bonchev–Trinajstić information content (AvgIpc) is 2.28. The summed E-state index contributed by atoms with van der Waals surface area (Å²) in [6, 6.07) is 3.28. The Hall–Kier alpha value is -2.45. The van der Waals surface area contributed by atoms with Crippen LogP contribution in [0.25, 0.3) is 0 Å². The lowest BCUT2D eigenvalue weighted by Crippen LogP contribution is -2.26. The van der Waals surface area contributed by atoms with E-state index in [2.05, 4.69) is 9.98 Å². The maximum Gasteiger partial charge on any atom is 0.420 e. The number of rotatable bonds is 3. The standard InChI is InChI=1S/C11H14F3N5O/c1-2-20-8-4-3-6(5-7(8)11(12,13)14)18-10(17)19-9(15)16/h3-5H,2H2,1H3,(H6,15,16,17,18,19). The summed E-state index contributed by atoms with van der Waals surface area (Å²) in [5.41, 5.74) is 14.5. The van der Waals surface area contributed by atoms with Crippen LogP contribution in [0.4, 0.5) is 18.9 Å². The van der Waals surface area contributed by atoms with Crippen molar-refractivity contribution >= 4 is 17.6 Å². The minimum Gasteiger partial charge on any atom is -0.493 e. The van der Waals surface area contributed by atoms with Gasteiger partial charge in [-0.2, -0.15) is 18.2 Å². The summed E-state index contributed by atoms with van der Waals surface area (Å²) in [4.78, 5) is 7.08. The normalized spacial score (nSPS) is 12.1. The van der Waals surface area contributed by atoms with E-state index in [0.717, 1.165) is 12.1 Å². The molecule has 0 aromatic heterocycles. The van der Waals surface area contributed by atoms with Crippen LogP contribution in [0.15, 0.2) is 28.2 Å². The predicted molar refractivity (Wildman–Crippen MR) is 69.7 cm³/mol. The van der Waals surface area contributed by atoms with Crippen molar-refractivity contribution in [1.82, 2.24) is 0 Å². The van der Waals surface area contributed by atoms with Crippen molar-refractivity contribution in [1.29, 1.82) is 0 Å². The lowest BCUT2D eigenvalue weighted by molar-refractivity contribution is -0.138. The van der Waals surface area contributed by atoms with Gasteiger partial charge in [-0.15, -0.1) is 0 Å². The number of nitrogens with two attached hydrogens (primary N) is 3. The lowest BCUT2D eigenvalue weighted by atomic mass is 10.1. The minimum atomic E-state index is -4.57. The van der Waals surface area contributed by atoms with Crippen molar-refractivity contribution in [3.8, 4) is 5.75 Å². The highest BCUT2D eigenvalue weighted by Gasteiger charge is 2.34. The fraction of sp³-hybridized carbons (Fsp3) is 0.273. The number of nitrogens with zero attached hydrogens (tertiary/aromatic N) is 2. The second-order valence-electron chi connectivity index (χ2n) is 3.62. The molecule has 0 bridgehead atoms. The van der Waals surface area contributed by atoms with Crippen LogP contribution >= 0.6 is 0 Å². The Morgan fingerprint density at radius 1 is 1.25 bits per heavy atom. The first-order valence-corrected chi connectivity index (χ1v) is 5.52. The van der Waals surface area contributed by atoms with E-state index in [0.29, 0.717) is 0 Å². The number of ether oxygens (including phenoxy) is 1. The predicted octanol–water partition coefficient (Wildman–Crippen LogP) is 1.32. The van der Waals surface area contributed by atoms with Crippen LogP contribution in [0.5, 0.6) is 5.75 Å². The maximum absolute atomic E-state index is 12.9. The zero-order valence-corrected chi connectivity index (χ0v) is 10.6. The summed E-state index contributed by atoms with van der Waals surface area (Å²) in [7, 11) is 0. The van der Waals surface area contributed by atoms with Crippen molar-refractivity contribution in [2.24, 2.45) is 27.2 Å². The van der Waals surface area contributed by atoms with Gasteiger partial charge in [-0.25, -0.2) is 4.99 Å². The number of alkyl halides is 3. The minimum absolute atomic E-state index is 0.0386. The first kappa shape index (κ1) is 15.6. The van der Waals surface area contributed by atoms with Gasteiger partial charge in [0.15, 0.2) is 5.96 Å². The number of halogens is 3. The van der Waals surface area contributed by atoms with Crippen LogP contribution in [0.2, 0.25) is 0 Å². The molecule has 0 atom stereocenters. The van der Waals surface area contributed by atoms with Gasteiger partial charge in [0.25, 0.3) is 0 Å². The SMILES string of the molecule is CCOc1ccc(N=C(N)N=C(N)N)cc1C(F)(F)F. The number of hydrogen-bond donors (Lipinski definition) is 3.